The Hall–Kier alpha value is -2.69. The van der Waals surface area contributed by atoms with Gasteiger partial charge in [0, 0.05) is 26.4 Å². The number of carbonyl (C=O) groups is 2. The summed E-state index contributed by atoms with van der Waals surface area (Å²) in [6.07, 6.45) is 0.424. The number of hydrogen-bond acceptors (Lipinski definition) is 2. The van der Waals surface area contributed by atoms with E-state index >= 15 is 0 Å². The maximum absolute atomic E-state index is 13.1. The summed E-state index contributed by atoms with van der Waals surface area (Å²) in [5.41, 5.74) is 1.75. The maximum atomic E-state index is 13.1. The summed E-state index contributed by atoms with van der Waals surface area (Å²) in [6.45, 7) is 4.03. The zero-order chi connectivity index (χ0) is 18.2. The first kappa shape index (κ1) is 18.6. The van der Waals surface area contributed by atoms with E-state index in [-0.39, 0.29) is 24.2 Å². The molecule has 5 heteroatoms. The first-order valence-corrected chi connectivity index (χ1v) is 8.34. The highest BCUT2D eigenvalue weighted by atomic mass is 19.1. The average Bonchev–Trinajstić information content (AvgIpc) is 2.60. The molecule has 0 aromatic heterocycles. The number of nitrogens with one attached hydrogen (secondary N) is 1. The Balaban J connectivity index is 2.27. The van der Waals surface area contributed by atoms with Crippen molar-refractivity contribution in [3.63, 3.8) is 0 Å². The number of carbonyl (C=O) groups excluding carboxylic acids is 2. The van der Waals surface area contributed by atoms with E-state index in [9.17, 15) is 14.0 Å². The Labute approximate surface area is 147 Å². The van der Waals surface area contributed by atoms with E-state index in [1.165, 1.54) is 24.0 Å². The zero-order valence-corrected chi connectivity index (χ0v) is 14.5. The van der Waals surface area contributed by atoms with E-state index in [1.807, 2.05) is 37.3 Å². The molecule has 2 aromatic rings. The van der Waals surface area contributed by atoms with Crippen molar-refractivity contribution < 1.29 is 14.0 Å². The van der Waals surface area contributed by atoms with Gasteiger partial charge in [-0.15, -0.1) is 0 Å². The Morgan fingerprint density at radius 3 is 2.24 bits per heavy atom. The van der Waals surface area contributed by atoms with E-state index in [0.29, 0.717) is 13.0 Å². The predicted octanol–water partition coefficient (Wildman–Crippen LogP) is 2.92. The highest BCUT2D eigenvalue weighted by Crippen LogP contribution is 2.15. The van der Waals surface area contributed by atoms with Crippen molar-refractivity contribution in [1.29, 1.82) is 0 Å². The summed E-state index contributed by atoms with van der Waals surface area (Å²) in [6, 6.07) is 14.9. The van der Waals surface area contributed by atoms with Crippen molar-refractivity contribution in [2.75, 3.05) is 6.54 Å². The van der Waals surface area contributed by atoms with Crippen LogP contribution in [0.3, 0.4) is 0 Å². The molecule has 1 unspecified atom stereocenters. The number of rotatable bonds is 7. The van der Waals surface area contributed by atoms with E-state index < -0.39 is 6.04 Å². The number of halogens is 1. The molecule has 0 aliphatic carbocycles. The number of benzene rings is 2. The van der Waals surface area contributed by atoms with Gasteiger partial charge >= 0.3 is 0 Å². The van der Waals surface area contributed by atoms with Gasteiger partial charge in [-0.25, -0.2) is 4.39 Å². The van der Waals surface area contributed by atoms with E-state index in [1.54, 1.807) is 12.1 Å². The van der Waals surface area contributed by atoms with Gasteiger partial charge in [0.25, 0.3) is 0 Å². The number of likely N-dealkylation sites (N-methyl/N-ethyl adjacent to an activating group) is 1. The molecule has 2 aromatic carbocycles. The fourth-order valence-corrected chi connectivity index (χ4v) is 2.70. The quantitative estimate of drug-likeness (QED) is 0.841. The zero-order valence-electron chi connectivity index (χ0n) is 14.5. The lowest BCUT2D eigenvalue weighted by Gasteiger charge is -2.30. The van der Waals surface area contributed by atoms with Gasteiger partial charge in [-0.05, 0) is 30.2 Å². The fourth-order valence-electron chi connectivity index (χ4n) is 2.70. The van der Waals surface area contributed by atoms with Crippen LogP contribution in [0.2, 0.25) is 0 Å². The molecule has 2 amide bonds. The standard InChI is InChI=1S/C20H23FN2O2/c1-3-22-20(25)19(13-16-7-5-4-6-8-16)23(15(2)24)14-17-9-11-18(21)12-10-17/h4-12,19H,3,13-14H2,1-2H3,(H,22,25). The number of hydrogen-bond donors (Lipinski definition) is 1. The van der Waals surface area contributed by atoms with Gasteiger partial charge in [0.15, 0.2) is 0 Å². The summed E-state index contributed by atoms with van der Waals surface area (Å²) in [5, 5.41) is 2.80. The lowest BCUT2D eigenvalue weighted by atomic mass is 10.0. The Kier molecular flexibility index (Phi) is 6.69. The first-order valence-electron chi connectivity index (χ1n) is 8.34. The van der Waals surface area contributed by atoms with Crippen LogP contribution in [0, 0.1) is 5.82 Å². The summed E-state index contributed by atoms with van der Waals surface area (Å²) in [7, 11) is 0. The normalized spacial score (nSPS) is 11.6. The SMILES string of the molecule is CCNC(=O)C(Cc1ccccc1)N(Cc1ccc(F)cc1)C(C)=O. The Morgan fingerprint density at radius 2 is 1.68 bits per heavy atom. The van der Waals surface area contributed by atoms with Crippen LogP contribution in [-0.4, -0.2) is 29.3 Å². The van der Waals surface area contributed by atoms with Crippen molar-refractivity contribution in [2.24, 2.45) is 0 Å². The van der Waals surface area contributed by atoms with Crippen LogP contribution in [0.1, 0.15) is 25.0 Å². The lowest BCUT2D eigenvalue weighted by Crippen LogP contribution is -2.49. The third kappa shape index (κ3) is 5.41. The van der Waals surface area contributed by atoms with Gasteiger partial charge in [0.1, 0.15) is 11.9 Å². The lowest BCUT2D eigenvalue weighted by molar-refractivity contribution is -0.139. The molecule has 1 atom stereocenters. The van der Waals surface area contributed by atoms with Crippen LogP contribution in [0.4, 0.5) is 4.39 Å². The Morgan fingerprint density at radius 1 is 1.04 bits per heavy atom. The van der Waals surface area contributed by atoms with Crippen molar-refractivity contribution in [3.8, 4) is 0 Å². The van der Waals surface area contributed by atoms with Crippen LogP contribution in [0.15, 0.2) is 54.6 Å². The second kappa shape index (κ2) is 8.97. The second-order valence-corrected chi connectivity index (χ2v) is 5.87. The molecular formula is C20H23FN2O2. The second-order valence-electron chi connectivity index (χ2n) is 5.87. The van der Waals surface area contributed by atoms with Gasteiger partial charge in [0.05, 0.1) is 0 Å². The molecule has 0 aliphatic heterocycles. The highest BCUT2D eigenvalue weighted by molar-refractivity contribution is 5.87. The van der Waals surface area contributed by atoms with E-state index in [0.717, 1.165) is 11.1 Å². The number of nitrogens with zero attached hydrogens (tertiary/aromatic N) is 1. The maximum Gasteiger partial charge on any atom is 0.243 e. The molecule has 0 saturated carbocycles. The van der Waals surface area contributed by atoms with Gasteiger partial charge in [-0.2, -0.15) is 0 Å². The molecule has 25 heavy (non-hydrogen) atoms. The van der Waals surface area contributed by atoms with Crippen molar-refractivity contribution >= 4 is 11.8 Å². The van der Waals surface area contributed by atoms with Gasteiger partial charge in [-0.1, -0.05) is 42.5 Å². The molecule has 0 aliphatic rings. The smallest absolute Gasteiger partial charge is 0.243 e. The van der Waals surface area contributed by atoms with Crippen molar-refractivity contribution in [1.82, 2.24) is 10.2 Å². The van der Waals surface area contributed by atoms with Crippen molar-refractivity contribution in [3.05, 3.63) is 71.5 Å². The summed E-state index contributed by atoms with van der Waals surface area (Å²) < 4.78 is 13.1. The minimum atomic E-state index is -0.620. The summed E-state index contributed by atoms with van der Waals surface area (Å²) in [4.78, 5) is 26.3. The molecular weight excluding hydrogens is 319 g/mol. The minimum Gasteiger partial charge on any atom is -0.355 e. The fraction of sp³-hybridized carbons (Fsp3) is 0.300. The molecule has 0 radical (unpaired) electrons. The molecule has 132 valence electrons. The molecule has 0 bridgehead atoms. The van der Waals surface area contributed by atoms with Crippen LogP contribution < -0.4 is 5.32 Å². The van der Waals surface area contributed by atoms with Crippen LogP contribution in [0.25, 0.3) is 0 Å². The van der Waals surface area contributed by atoms with Crippen molar-refractivity contribution in [2.45, 2.75) is 32.9 Å². The monoisotopic (exact) mass is 342 g/mol. The first-order chi connectivity index (χ1) is 12.0. The largest absolute Gasteiger partial charge is 0.355 e. The molecule has 0 spiro atoms. The third-order valence-corrected chi connectivity index (χ3v) is 3.97. The summed E-state index contributed by atoms with van der Waals surface area (Å²) in [5.74, 6) is -0.720. The van der Waals surface area contributed by atoms with Gasteiger partial charge in [-0.3, -0.25) is 9.59 Å². The summed E-state index contributed by atoms with van der Waals surface area (Å²) >= 11 is 0. The highest BCUT2D eigenvalue weighted by Gasteiger charge is 2.28. The van der Waals surface area contributed by atoms with Crippen LogP contribution in [0.5, 0.6) is 0 Å². The average molecular weight is 342 g/mol. The third-order valence-electron chi connectivity index (χ3n) is 3.97. The van der Waals surface area contributed by atoms with Gasteiger partial charge < -0.3 is 10.2 Å². The van der Waals surface area contributed by atoms with E-state index in [2.05, 4.69) is 5.32 Å². The Bertz CT molecular complexity index is 701. The number of amides is 2. The predicted molar refractivity (Wildman–Crippen MR) is 95.2 cm³/mol. The van der Waals surface area contributed by atoms with Gasteiger partial charge in [0.2, 0.25) is 11.8 Å². The molecule has 4 nitrogen and oxygen atoms in total. The van der Waals surface area contributed by atoms with E-state index in [4.69, 9.17) is 0 Å². The molecule has 1 N–H and O–H groups in total. The molecule has 0 fully saturated rings. The molecule has 0 heterocycles. The van der Waals surface area contributed by atoms with Crippen LogP contribution >= 0.6 is 0 Å². The van der Waals surface area contributed by atoms with Crippen LogP contribution in [-0.2, 0) is 22.6 Å². The molecule has 2 rings (SSSR count). The minimum absolute atomic E-state index is 0.191. The molecule has 0 saturated heterocycles. The topological polar surface area (TPSA) is 49.4 Å².